The molecule has 0 bridgehead atoms. The van der Waals surface area contributed by atoms with E-state index in [-0.39, 0.29) is 27.8 Å². The lowest BCUT2D eigenvalue weighted by molar-refractivity contribution is -0.330. The smallest absolute Gasteiger partial charge is 0.186 e. The SMILES string of the molecule is CC1(C)CC[C@]2(C)CC[C@]3(C)C(=CCC4[C@@]5(C)CC[C@H](O[C@@H]6O[C@H](CO)[C@@H](O)[C@H](O)[C@H]6O)C(C)(C)[C@@H]5CC[C@]43C)[C@@H]2C1. The lowest BCUT2D eigenvalue weighted by atomic mass is 9.33. The number of ether oxygens (including phenoxy) is 2. The van der Waals surface area contributed by atoms with Gasteiger partial charge in [0.25, 0.3) is 0 Å². The highest BCUT2D eigenvalue weighted by Gasteiger charge is 2.68. The van der Waals surface area contributed by atoms with Gasteiger partial charge in [0.1, 0.15) is 24.4 Å². The molecule has 0 aromatic rings. The van der Waals surface area contributed by atoms with E-state index in [9.17, 15) is 20.4 Å². The molecule has 42 heavy (non-hydrogen) atoms. The van der Waals surface area contributed by atoms with Crippen LogP contribution in [0.4, 0.5) is 0 Å². The van der Waals surface area contributed by atoms with Gasteiger partial charge in [0.15, 0.2) is 6.29 Å². The van der Waals surface area contributed by atoms with Gasteiger partial charge in [-0.1, -0.05) is 67.0 Å². The van der Waals surface area contributed by atoms with Gasteiger partial charge in [0.2, 0.25) is 0 Å². The zero-order valence-electron chi connectivity index (χ0n) is 27.7. The minimum absolute atomic E-state index is 0.147. The van der Waals surface area contributed by atoms with Gasteiger partial charge in [-0.15, -0.1) is 0 Å². The van der Waals surface area contributed by atoms with Gasteiger partial charge >= 0.3 is 0 Å². The molecule has 6 rings (SSSR count). The number of rotatable bonds is 3. The summed E-state index contributed by atoms with van der Waals surface area (Å²) in [6.07, 6.45) is 8.65. The van der Waals surface area contributed by atoms with Crippen molar-refractivity contribution < 1.29 is 29.9 Å². The second-order valence-corrected chi connectivity index (χ2v) is 18.1. The third-order valence-corrected chi connectivity index (χ3v) is 15.1. The predicted molar refractivity (Wildman–Crippen MR) is 163 cm³/mol. The molecule has 0 spiro atoms. The molecule has 1 saturated heterocycles. The molecule has 0 radical (unpaired) electrons. The van der Waals surface area contributed by atoms with Crippen molar-refractivity contribution in [3.8, 4) is 0 Å². The maximum absolute atomic E-state index is 10.7. The van der Waals surface area contributed by atoms with E-state index in [4.69, 9.17) is 9.47 Å². The molecule has 5 fully saturated rings. The highest BCUT2D eigenvalue weighted by molar-refractivity contribution is 5.33. The number of allylic oxidation sites excluding steroid dienone is 2. The lowest BCUT2D eigenvalue weighted by Gasteiger charge is -2.71. The second-order valence-electron chi connectivity index (χ2n) is 18.1. The number of aliphatic hydroxyl groups is 4. The largest absolute Gasteiger partial charge is 0.394 e. The molecule has 0 amide bonds. The van der Waals surface area contributed by atoms with Crippen LogP contribution >= 0.6 is 0 Å². The molecule has 240 valence electrons. The number of hydrogen-bond donors (Lipinski definition) is 4. The van der Waals surface area contributed by atoms with Crippen LogP contribution in [-0.2, 0) is 9.47 Å². The average Bonchev–Trinajstić information content (AvgIpc) is 2.91. The summed E-state index contributed by atoms with van der Waals surface area (Å²) in [5.74, 6) is 1.79. The van der Waals surface area contributed by atoms with Crippen molar-refractivity contribution in [1.29, 1.82) is 0 Å². The van der Waals surface area contributed by atoms with Crippen LogP contribution in [0, 0.1) is 50.2 Å². The van der Waals surface area contributed by atoms with E-state index in [2.05, 4.69) is 61.5 Å². The van der Waals surface area contributed by atoms with Gasteiger partial charge in [-0.3, -0.25) is 0 Å². The Hall–Kier alpha value is -0.500. The van der Waals surface area contributed by atoms with Crippen molar-refractivity contribution in [1.82, 2.24) is 0 Å². The van der Waals surface area contributed by atoms with Crippen LogP contribution in [0.1, 0.15) is 120 Å². The maximum Gasteiger partial charge on any atom is 0.186 e. The average molecular weight is 589 g/mol. The van der Waals surface area contributed by atoms with Gasteiger partial charge in [0.05, 0.1) is 12.7 Å². The first-order valence-electron chi connectivity index (χ1n) is 17.1. The van der Waals surface area contributed by atoms with Crippen LogP contribution in [0.5, 0.6) is 0 Å². The first-order chi connectivity index (χ1) is 19.4. The van der Waals surface area contributed by atoms with Gasteiger partial charge in [-0.05, 0) is 114 Å². The van der Waals surface area contributed by atoms with Gasteiger partial charge in [-0.2, -0.15) is 0 Å². The Bertz CT molecular complexity index is 1080. The Labute approximate surface area is 254 Å². The molecular formula is C36H60O6. The van der Waals surface area contributed by atoms with Crippen molar-refractivity contribution in [2.24, 2.45) is 50.2 Å². The standard InChI is InChI=1S/C36H60O6/c1-31(2)15-16-33(5)17-18-35(7)21(22(33)19-31)9-10-25-34(6)13-12-26(32(3,4)24(34)11-14-36(25,35)8)42-30-29(40)28(39)27(38)23(20-37)41-30/h9,22-30,37-40H,10-20H2,1-8H3/t22-,23+,24-,25?,26-,27+,28-,29+,30-,33+,34-,35+,36+/m0/s1. The summed E-state index contributed by atoms with van der Waals surface area (Å²) in [6.45, 7) is 19.7. The molecule has 4 saturated carbocycles. The summed E-state index contributed by atoms with van der Waals surface area (Å²) >= 11 is 0. The zero-order valence-corrected chi connectivity index (χ0v) is 27.7. The van der Waals surface area contributed by atoms with Crippen LogP contribution in [0.3, 0.4) is 0 Å². The molecule has 1 unspecified atom stereocenters. The fourth-order valence-corrected chi connectivity index (χ4v) is 12.1. The van der Waals surface area contributed by atoms with Gasteiger partial charge in [0, 0.05) is 0 Å². The highest BCUT2D eigenvalue weighted by atomic mass is 16.7. The predicted octanol–water partition coefficient (Wildman–Crippen LogP) is 5.99. The van der Waals surface area contributed by atoms with E-state index < -0.39 is 37.3 Å². The molecule has 1 aliphatic heterocycles. The molecule has 6 nitrogen and oxygen atoms in total. The third kappa shape index (κ3) is 4.31. The first-order valence-corrected chi connectivity index (χ1v) is 17.1. The van der Waals surface area contributed by atoms with Gasteiger partial charge < -0.3 is 29.9 Å². The highest BCUT2D eigenvalue weighted by Crippen LogP contribution is 2.75. The quantitative estimate of drug-likeness (QED) is 0.239. The van der Waals surface area contributed by atoms with E-state index in [1.807, 2.05) is 5.57 Å². The third-order valence-electron chi connectivity index (χ3n) is 15.1. The summed E-state index contributed by atoms with van der Waals surface area (Å²) in [6, 6.07) is 0. The molecule has 13 atom stereocenters. The van der Waals surface area contributed by atoms with Crippen molar-refractivity contribution in [2.45, 2.75) is 156 Å². The molecule has 6 aliphatic rings. The first kappa shape index (κ1) is 31.5. The Kier molecular flexibility index (Phi) is 7.49. The number of aliphatic hydroxyl groups excluding tert-OH is 4. The Morgan fingerprint density at radius 1 is 0.810 bits per heavy atom. The van der Waals surface area contributed by atoms with E-state index in [0.717, 1.165) is 12.8 Å². The van der Waals surface area contributed by atoms with Crippen molar-refractivity contribution >= 4 is 0 Å². The monoisotopic (exact) mass is 588 g/mol. The van der Waals surface area contributed by atoms with Crippen molar-refractivity contribution in [2.75, 3.05) is 6.61 Å². The second kappa shape index (κ2) is 10.00. The molecule has 0 aromatic carbocycles. The molecule has 1 heterocycles. The minimum Gasteiger partial charge on any atom is -0.394 e. The number of hydrogen-bond acceptors (Lipinski definition) is 6. The molecule has 0 aromatic heterocycles. The van der Waals surface area contributed by atoms with E-state index in [0.29, 0.717) is 28.6 Å². The fourth-order valence-electron chi connectivity index (χ4n) is 12.1. The van der Waals surface area contributed by atoms with E-state index in [1.165, 1.54) is 51.4 Å². The van der Waals surface area contributed by atoms with Crippen LogP contribution in [0.25, 0.3) is 0 Å². The molecular weight excluding hydrogens is 528 g/mol. The lowest BCUT2D eigenvalue weighted by Crippen LogP contribution is -2.65. The molecule has 6 heteroatoms. The van der Waals surface area contributed by atoms with Gasteiger partial charge in [-0.25, -0.2) is 0 Å². The molecule has 5 aliphatic carbocycles. The fraction of sp³-hybridized carbons (Fsp3) is 0.944. The van der Waals surface area contributed by atoms with Crippen LogP contribution in [-0.4, -0.2) is 63.8 Å². The zero-order chi connectivity index (χ0) is 30.7. The summed E-state index contributed by atoms with van der Waals surface area (Å²) in [5.41, 5.74) is 3.23. The summed E-state index contributed by atoms with van der Waals surface area (Å²) in [5, 5.41) is 41.0. The van der Waals surface area contributed by atoms with E-state index in [1.54, 1.807) is 0 Å². The maximum atomic E-state index is 10.7. The molecule has 4 N–H and O–H groups in total. The van der Waals surface area contributed by atoms with Crippen molar-refractivity contribution in [3.63, 3.8) is 0 Å². The Morgan fingerprint density at radius 3 is 2.19 bits per heavy atom. The van der Waals surface area contributed by atoms with Crippen LogP contribution in [0.15, 0.2) is 11.6 Å². The number of fused-ring (bicyclic) bond motifs is 7. The normalized spacial score (nSPS) is 55.0. The van der Waals surface area contributed by atoms with E-state index >= 15 is 0 Å². The summed E-state index contributed by atoms with van der Waals surface area (Å²) in [4.78, 5) is 0. The van der Waals surface area contributed by atoms with Crippen LogP contribution < -0.4 is 0 Å². The Balaban J connectivity index is 1.27. The Morgan fingerprint density at radius 2 is 1.50 bits per heavy atom. The minimum atomic E-state index is -1.41. The summed E-state index contributed by atoms with van der Waals surface area (Å²) in [7, 11) is 0. The topological polar surface area (TPSA) is 99.4 Å². The van der Waals surface area contributed by atoms with Crippen LogP contribution in [0.2, 0.25) is 0 Å². The summed E-state index contributed by atoms with van der Waals surface area (Å²) < 4.78 is 12.3. The van der Waals surface area contributed by atoms with Crippen molar-refractivity contribution in [3.05, 3.63) is 11.6 Å².